The SMILES string of the molecule is CCNC(=NCCS(=O)(=O)CC)NC1CCN(c2cccc(Cl)c2)C1. The molecule has 1 atom stereocenters. The summed E-state index contributed by atoms with van der Waals surface area (Å²) in [6, 6.07) is 8.12. The summed E-state index contributed by atoms with van der Waals surface area (Å²) >= 11 is 6.07. The summed E-state index contributed by atoms with van der Waals surface area (Å²) in [5, 5.41) is 7.32. The molecule has 1 aromatic rings. The molecule has 8 heteroatoms. The quantitative estimate of drug-likeness (QED) is 0.553. The molecule has 0 bridgehead atoms. The van der Waals surface area contributed by atoms with Gasteiger partial charge in [0.1, 0.15) is 0 Å². The second-order valence-corrected chi connectivity index (χ2v) is 8.96. The molecule has 1 saturated heterocycles. The molecule has 1 fully saturated rings. The van der Waals surface area contributed by atoms with Gasteiger partial charge >= 0.3 is 0 Å². The first-order chi connectivity index (χ1) is 11.9. The summed E-state index contributed by atoms with van der Waals surface area (Å²) in [7, 11) is -2.99. The molecule has 6 nitrogen and oxygen atoms in total. The van der Waals surface area contributed by atoms with Crippen molar-refractivity contribution in [2.24, 2.45) is 4.99 Å². The zero-order valence-electron chi connectivity index (χ0n) is 14.8. The molecule has 1 unspecified atom stereocenters. The lowest BCUT2D eigenvalue weighted by Crippen LogP contribution is -2.44. The summed E-state index contributed by atoms with van der Waals surface area (Å²) in [6.45, 7) is 6.46. The van der Waals surface area contributed by atoms with Gasteiger partial charge in [0, 0.05) is 42.1 Å². The molecule has 0 amide bonds. The van der Waals surface area contributed by atoms with E-state index in [4.69, 9.17) is 11.6 Å². The van der Waals surface area contributed by atoms with E-state index in [2.05, 4.69) is 26.6 Å². The number of halogens is 1. The van der Waals surface area contributed by atoms with Crippen LogP contribution in [0, 0.1) is 0 Å². The first-order valence-corrected chi connectivity index (χ1v) is 10.9. The Morgan fingerprint density at radius 2 is 2.20 bits per heavy atom. The molecular weight excluding hydrogens is 360 g/mol. The van der Waals surface area contributed by atoms with Crippen LogP contribution in [-0.2, 0) is 9.84 Å². The molecule has 0 aromatic heterocycles. The Labute approximate surface area is 155 Å². The van der Waals surface area contributed by atoms with E-state index in [1.807, 2.05) is 25.1 Å². The minimum absolute atomic E-state index is 0.0827. The van der Waals surface area contributed by atoms with Crippen molar-refractivity contribution in [3.05, 3.63) is 29.3 Å². The molecule has 25 heavy (non-hydrogen) atoms. The third-order valence-electron chi connectivity index (χ3n) is 4.16. The normalized spacial score (nSPS) is 18.4. The van der Waals surface area contributed by atoms with Gasteiger partial charge in [-0.1, -0.05) is 24.6 Å². The van der Waals surface area contributed by atoms with Gasteiger partial charge < -0.3 is 15.5 Å². The van der Waals surface area contributed by atoms with Crippen LogP contribution in [0.1, 0.15) is 20.3 Å². The summed E-state index contributed by atoms with van der Waals surface area (Å²) < 4.78 is 23.2. The Bertz CT molecular complexity index is 694. The summed E-state index contributed by atoms with van der Waals surface area (Å²) in [5.74, 6) is 0.912. The largest absolute Gasteiger partial charge is 0.369 e. The van der Waals surface area contributed by atoms with E-state index in [1.54, 1.807) is 6.92 Å². The number of nitrogens with one attached hydrogen (secondary N) is 2. The highest BCUT2D eigenvalue weighted by Gasteiger charge is 2.23. The highest BCUT2D eigenvalue weighted by Crippen LogP contribution is 2.23. The van der Waals surface area contributed by atoms with Gasteiger partial charge in [-0.15, -0.1) is 0 Å². The zero-order valence-corrected chi connectivity index (χ0v) is 16.4. The third kappa shape index (κ3) is 6.40. The minimum atomic E-state index is -2.99. The smallest absolute Gasteiger partial charge is 0.191 e. The molecule has 0 radical (unpaired) electrons. The van der Waals surface area contributed by atoms with Gasteiger partial charge in [-0.25, -0.2) is 8.42 Å². The second kappa shape index (κ2) is 9.29. The van der Waals surface area contributed by atoms with Crippen LogP contribution in [-0.4, -0.2) is 58.1 Å². The molecule has 2 rings (SSSR count). The lowest BCUT2D eigenvalue weighted by Gasteiger charge is -2.20. The van der Waals surface area contributed by atoms with Crippen molar-refractivity contribution in [2.45, 2.75) is 26.3 Å². The van der Waals surface area contributed by atoms with E-state index in [1.165, 1.54) is 0 Å². The van der Waals surface area contributed by atoms with Gasteiger partial charge in [0.2, 0.25) is 0 Å². The summed E-state index contributed by atoms with van der Waals surface area (Å²) in [4.78, 5) is 6.68. The molecule has 1 heterocycles. The van der Waals surface area contributed by atoms with E-state index in [0.29, 0.717) is 5.96 Å². The third-order valence-corrected chi connectivity index (χ3v) is 6.08. The molecule has 140 valence electrons. The van der Waals surface area contributed by atoms with Crippen molar-refractivity contribution < 1.29 is 8.42 Å². The van der Waals surface area contributed by atoms with E-state index in [9.17, 15) is 8.42 Å². The van der Waals surface area contributed by atoms with Crippen molar-refractivity contribution in [1.82, 2.24) is 10.6 Å². The number of hydrogen-bond donors (Lipinski definition) is 2. The van der Waals surface area contributed by atoms with Gasteiger partial charge in [0.15, 0.2) is 15.8 Å². The van der Waals surface area contributed by atoms with Gasteiger partial charge in [-0.3, -0.25) is 4.99 Å². The van der Waals surface area contributed by atoms with Gasteiger partial charge in [0.25, 0.3) is 0 Å². The lowest BCUT2D eigenvalue weighted by atomic mass is 10.3. The average Bonchev–Trinajstić information content (AvgIpc) is 3.03. The van der Waals surface area contributed by atoms with Crippen LogP contribution in [0.2, 0.25) is 5.02 Å². The maximum absolute atomic E-state index is 11.6. The van der Waals surface area contributed by atoms with Crippen molar-refractivity contribution in [2.75, 3.05) is 42.6 Å². The first-order valence-electron chi connectivity index (χ1n) is 8.69. The van der Waals surface area contributed by atoms with Gasteiger partial charge in [-0.05, 0) is 31.5 Å². The number of anilines is 1. The fourth-order valence-corrected chi connectivity index (χ4v) is 3.58. The minimum Gasteiger partial charge on any atom is -0.369 e. The fraction of sp³-hybridized carbons (Fsp3) is 0.588. The van der Waals surface area contributed by atoms with E-state index >= 15 is 0 Å². The Balaban J connectivity index is 1.92. The monoisotopic (exact) mass is 386 g/mol. The number of guanidine groups is 1. The topological polar surface area (TPSA) is 73.8 Å². The first kappa shape index (κ1) is 19.8. The van der Waals surface area contributed by atoms with E-state index in [-0.39, 0.29) is 24.1 Å². The van der Waals surface area contributed by atoms with Crippen molar-refractivity contribution in [3.63, 3.8) is 0 Å². The zero-order chi connectivity index (χ0) is 18.3. The average molecular weight is 387 g/mol. The summed E-state index contributed by atoms with van der Waals surface area (Å²) in [6.07, 6.45) is 0.990. The maximum atomic E-state index is 11.6. The van der Waals surface area contributed by atoms with Crippen molar-refractivity contribution in [1.29, 1.82) is 0 Å². The van der Waals surface area contributed by atoms with Gasteiger partial charge in [0.05, 0.1) is 12.3 Å². The van der Waals surface area contributed by atoms with Crippen LogP contribution >= 0.6 is 11.6 Å². The molecule has 1 aliphatic rings. The number of aliphatic imine (C=N–C) groups is 1. The predicted octanol–water partition coefficient (Wildman–Crippen LogP) is 1.91. The molecular formula is C17H27ClN4O2S. The predicted molar refractivity (Wildman–Crippen MR) is 106 cm³/mol. The Kier molecular flexibility index (Phi) is 7.38. The molecule has 0 aliphatic carbocycles. The van der Waals surface area contributed by atoms with Crippen LogP contribution in [0.25, 0.3) is 0 Å². The Hall–Kier alpha value is -1.47. The van der Waals surface area contributed by atoms with Crippen LogP contribution in [0.5, 0.6) is 0 Å². The van der Waals surface area contributed by atoms with Crippen LogP contribution in [0.3, 0.4) is 0 Å². The molecule has 1 aromatic carbocycles. The molecule has 1 aliphatic heterocycles. The Morgan fingerprint density at radius 3 is 2.88 bits per heavy atom. The van der Waals surface area contributed by atoms with Gasteiger partial charge in [-0.2, -0.15) is 0 Å². The van der Waals surface area contributed by atoms with E-state index in [0.717, 1.165) is 36.8 Å². The number of benzene rings is 1. The van der Waals surface area contributed by atoms with Crippen molar-refractivity contribution in [3.8, 4) is 0 Å². The fourth-order valence-electron chi connectivity index (χ4n) is 2.74. The van der Waals surface area contributed by atoms with E-state index < -0.39 is 9.84 Å². The molecule has 0 saturated carbocycles. The van der Waals surface area contributed by atoms with Crippen molar-refractivity contribution >= 4 is 33.1 Å². The molecule has 0 spiro atoms. The summed E-state index contributed by atoms with van der Waals surface area (Å²) in [5.41, 5.74) is 1.12. The lowest BCUT2D eigenvalue weighted by molar-refractivity contribution is 0.597. The van der Waals surface area contributed by atoms with Crippen LogP contribution in [0.4, 0.5) is 5.69 Å². The molecule has 2 N–H and O–H groups in total. The maximum Gasteiger partial charge on any atom is 0.191 e. The number of hydrogen-bond acceptors (Lipinski definition) is 4. The highest BCUT2D eigenvalue weighted by molar-refractivity contribution is 7.91. The second-order valence-electron chi connectivity index (χ2n) is 6.05. The number of rotatable bonds is 7. The Morgan fingerprint density at radius 1 is 1.40 bits per heavy atom. The van der Waals surface area contributed by atoms with Crippen LogP contribution in [0.15, 0.2) is 29.3 Å². The number of sulfone groups is 1. The highest BCUT2D eigenvalue weighted by atomic mass is 35.5. The standard InChI is InChI=1S/C17H27ClN4O2S/c1-3-19-17(20-9-11-25(23,24)4-2)21-15-8-10-22(13-15)16-7-5-6-14(18)12-16/h5-7,12,15H,3-4,8-11,13H2,1-2H3,(H2,19,20,21). The van der Waals surface area contributed by atoms with Crippen LogP contribution < -0.4 is 15.5 Å². The number of nitrogens with zero attached hydrogens (tertiary/aromatic N) is 2.